The van der Waals surface area contributed by atoms with Crippen LogP contribution in [0.3, 0.4) is 0 Å². The molecule has 2 aromatic carbocycles. The first-order valence-corrected chi connectivity index (χ1v) is 12.1. The number of ether oxygens (including phenoxy) is 1. The highest BCUT2D eigenvalue weighted by Crippen LogP contribution is 2.26. The molecule has 0 radical (unpaired) electrons. The summed E-state index contributed by atoms with van der Waals surface area (Å²) in [6.45, 7) is 2.14. The number of nitrogens with zero attached hydrogens (tertiary/aromatic N) is 1. The van der Waals surface area contributed by atoms with Crippen LogP contribution in [0.1, 0.15) is 21.6 Å². The second kappa shape index (κ2) is 10.7. The lowest BCUT2D eigenvalue weighted by atomic mass is 10.1. The average Bonchev–Trinajstić information content (AvgIpc) is 2.78. The summed E-state index contributed by atoms with van der Waals surface area (Å²) in [6, 6.07) is 14.6. The third kappa shape index (κ3) is 7.20. The van der Waals surface area contributed by atoms with Gasteiger partial charge in [0.15, 0.2) is 0 Å². The predicted molar refractivity (Wildman–Crippen MR) is 130 cm³/mol. The molecular formula is C23H25N5O5S. The summed E-state index contributed by atoms with van der Waals surface area (Å²) in [6.07, 6.45) is 2.55. The van der Waals surface area contributed by atoms with Crippen molar-refractivity contribution in [3.63, 3.8) is 0 Å². The van der Waals surface area contributed by atoms with Crippen molar-refractivity contribution in [3.05, 3.63) is 77.6 Å². The molecule has 0 unspecified atom stereocenters. The van der Waals surface area contributed by atoms with E-state index in [1.807, 2.05) is 19.1 Å². The topological polar surface area (TPSA) is 139 Å². The largest absolute Gasteiger partial charge is 0.457 e. The van der Waals surface area contributed by atoms with E-state index >= 15 is 0 Å². The number of hydrogen-bond donors (Lipinski definition) is 4. The fourth-order valence-electron chi connectivity index (χ4n) is 3.02. The zero-order chi connectivity index (χ0) is 24.7. The van der Waals surface area contributed by atoms with Crippen LogP contribution in [-0.4, -0.2) is 38.6 Å². The van der Waals surface area contributed by atoms with Gasteiger partial charge in [0, 0.05) is 31.5 Å². The van der Waals surface area contributed by atoms with Gasteiger partial charge in [0.1, 0.15) is 17.2 Å². The molecule has 4 N–H and O–H groups in total. The van der Waals surface area contributed by atoms with Crippen LogP contribution in [0, 0.1) is 6.92 Å². The van der Waals surface area contributed by atoms with E-state index in [1.165, 1.54) is 19.3 Å². The molecule has 1 heterocycles. The van der Waals surface area contributed by atoms with Crippen LogP contribution in [0.4, 0.5) is 16.2 Å². The zero-order valence-electron chi connectivity index (χ0n) is 18.9. The van der Waals surface area contributed by atoms with Crippen LogP contribution in [-0.2, 0) is 16.6 Å². The van der Waals surface area contributed by atoms with E-state index in [9.17, 15) is 18.0 Å². The Morgan fingerprint density at radius 2 is 1.79 bits per heavy atom. The van der Waals surface area contributed by atoms with E-state index in [4.69, 9.17) is 4.74 Å². The molecule has 10 nitrogen and oxygen atoms in total. The smallest absolute Gasteiger partial charge is 0.319 e. The van der Waals surface area contributed by atoms with Crippen molar-refractivity contribution < 1.29 is 22.7 Å². The number of benzene rings is 2. The van der Waals surface area contributed by atoms with E-state index < -0.39 is 16.1 Å². The number of urea groups is 1. The number of aryl methyl sites for hydroxylation is 1. The quantitative estimate of drug-likeness (QED) is 0.388. The molecule has 11 heteroatoms. The van der Waals surface area contributed by atoms with Crippen LogP contribution in [0.2, 0.25) is 0 Å². The number of nitrogens with one attached hydrogen (secondary N) is 4. The molecule has 3 amide bonds. The Bertz CT molecular complexity index is 1310. The predicted octanol–water partition coefficient (Wildman–Crippen LogP) is 3.24. The van der Waals surface area contributed by atoms with Crippen molar-refractivity contribution in [3.8, 4) is 11.5 Å². The lowest BCUT2D eigenvalue weighted by molar-refractivity contribution is 0.0957. The maximum atomic E-state index is 12.3. The summed E-state index contributed by atoms with van der Waals surface area (Å²) >= 11 is 0. The Morgan fingerprint density at radius 3 is 2.50 bits per heavy atom. The van der Waals surface area contributed by atoms with Crippen molar-refractivity contribution in [2.24, 2.45) is 0 Å². The molecule has 178 valence electrons. The molecule has 1 aromatic heterocycles. The molecule has 0 fully saturated rings. The number of rotatable bonds is 8. The van der Waals surface area contributed by atoms with Gasteiger partial charge in [0.25, 0.3) is 5.91 Å². The van der Waals surface area contributed by atoms with Crippen LogP contribution in [0.15, 0.2) is 60.8 Å². The summed E-state index contributed by atoms with van der Waals surface area (Å²) in [7, 11) is -1.88. The fraction of sp³-hybridized carbons (Fsp3) is 0.174. The number of carbonyl (C=O) groups is 2. The standard InChI is InChI=1S/C23H25N5O5S/c1-15-11-16(7-8-21(15)33-19-9-10-25-20(13-19)22(29)24-2)14-26-23(30)27-17-5-4-6-18(12-17)28-34(3,31)32/h4-13,28H,14H2,1-3H3,(H,24,29)(H2,26,27,30). The maximum absolute atomic E-state index is 12.3. The van der Waals surface area contributed by atoms with Gasteiger partial charge >= 0.3 is 6.03 Å². The first-order chi connectivity index (χ1) is 16.1. The number of carbonyl (C=O) groups excluding carboxylic acids is 2. The van der Waals surface area contributed by atoms with E-state index in [-0.39, 0.29) is 18.1 Å². The average molecular weight is 484 g/mol. The maximum Gasteiger partial charge on any atom is 0.319 e. The molecule has 0 aliphatic carbocycles. The highest BCUT2D eigenvalue weighted by atomic mass is 32.2. The summed E-state index contributed by atoms with van der Waals surface area (Å²) in [5.41, 5.74) is 2.75. The molecule has 34 heavy (non-hydrogen) atoms. The number of aromatic nitrogens is 1. The summed E-state index contributed by atoms with van der Waals surface area (Å²) in [4.78, 5) is 28.0. The number of amides is 3. The van der Waals surface area contributed by atoms with Crippen LogP contribution in [0.25, 0.3) is 0 Å². The second-order valence-electron chi connectivity index (χ2n) is 7.42. The van der Waals surface area contributed by atoms with Gasteiger partial charge < -0.3 is 20.7 Å². The molecule has 0 saturated carbocycles. The fourth-order valence-corrected chi connectivity index (χ4v) is 3.58. The first-order valence-electron chi connectivity index (χ1n) is 10.2. The molecule has 0 spiro atoms. The summed E-state index contributed by atoms with van der Waals surface area (Å²) in [5, 5.41) is 7.94. The molecule has 0 aliphatic rings. The van der Waals surface area contributed by atoms with Gasteiger partial charge in [-0.3, -0.25) is 14.5 Å². The van der Waals surface area contributed by atoms with Crippen LogP contribution < -0.4 is 25.4 Å². The van der Waals surface area contributed by atoms with Crippen molar-refractivity contribution in [1.82, 2.24) is 15.6 Å². The van der Waals surface area contributed by atoms with Gasteiger partial charge in [-0.25, -0.2) is 13.2 Å². The third-order valence-electron chi connectivity index (χ3n) is 4.54. The first kappa shape index (κ1) is 24.5. The van der Waals surface area contributed by atoms with E-state index in [0.29, 0.717) is 22.9 Å². The zero-order valence-corrected chi connectivity index (χ0v) is 19.7. The minimum absolute atomic E-state index is 0.252. The van der Waals surface area contributed by atoms with Crippen LogP contribution in [0.5, 0.6) is 11.5 Å². The Kier molecular flexibility index (Phi) is 7.69. The minimum atomic E-state index is -3.41. The Hall–Kier alpha value is -4.12. The normalized spacial score (nSPS) is 10.8. The van der Waals surface area contributed by atoms with Gasteiger partial charge in [-0.1, -0.05) is 18.2 Å². The van der Waals surface area contributed by atoms with Crippen molar-refractivity contribution in [2.75, 3.05) is 23.3 Å². The van der Waals surface area contributed by atoms with Crippen molar-refractivity contribution in [2.45, 2.75) is 13.5 Å². The second-order valence-corrected chi connectivity index (χ2v) is 9.17. The van der Waals surface area contributed by atoms with Gasteiger partial charge in [0.05, 0.1) is 11.9 Å². The molecule has 3 rings (SSSR count). The van der Waals surface area contributed by atoms with E-state index in [1.54, 1.807) is 36.4 Å². The van der Waals surface area contributed by atoms with Gasteiger partial charge in [0.2, 0.25) is 10.0 Å². The monoisotopic (exact) mass is 483 g/mol. The van der Waals surface area contributed by atoms with Gasteiger partial charge in [-0.15, -0.1) is 0 Å². The molecular weight excluding hydrogens is 458 g/mol. The molecule has 0 aliphatic heterocycles. The van der Waals surface area contributed by atoms with Gasteiger partial charge in [-0.05, 0) is 48.4 Å². The molecule has 0 bridgehead atoms. The van der Waals surface area contributed by atoms with E-state index in [2.05, 4.69) is 25.7 Å². The van der Waals surface area contributed by atoms with Crippen molar-refractivity contribution >= 4 is 33.3 Å². The highest BCUT2D eigenvalue weighted by molar-refractivity contribution is 7.92. The highest BCUT2D eigenvalue weighted by Gasteiger charge is 2.09. The number of hydrogen-bond acceptors (Lipinski definition) is 6. The molecule has 0 saturated heterocycles. The Labute approximate surface area is 197 Å². The molecule has 0 atom stereocenters. The van der Waals surface area contributed by atoms with Crippen molar-refractivity contribution in [1.29, 1.82) is 0 Å². The van der Waals surface area contributed by atoms with E-state index in [0.717, 1.165) is 17.4 Å². The summed E-state index contributed by atoms with van der Waals surface area (Å²) < 4.78 is 31.0. The third-order valence-corrected chi connectivity index (χ3v) is 5.14. The lowest BCUT2D eigenvalue weighted by Gasteiger charge is -2.12. The number of sulfonamides is 1. The number of anilines is 2. The summed E-state index contributed by atoms with van der Waals surface area (Å²) in [5.74, 6) is 0.784. The molecule has 3 aromatic rings. The number of pyridine rings is 1. The minimum Gasteiger partial charge on any atom is -0.457 e. The van der Waals surface area contributed by atoms with Gasteiger partial charge in [-0.2, -0.15) is 0 Å². The SMILES string of the molecule is CNC(=O)c1cc(Oc2ccc(CNC(=O)Nc3cccc(NS(C)(=O)=O)c3)cc2C)ccn1. The Morgan fingerprint density at radius 1 is 1.03 bits per heavy atom. The Balaban J connectivity index is 1.58. The lowest BCUT2D eigenvalue weighted by Crippen LogP contribution is -2.28. The van der Waals surface area contributed by atoms with Crippen LogP contribution >= 0.6 is 0 Å².